The van der Waals surface area contributed by atoms with Gasteiger partial charge in [0, 0.05) is 23.6 Å². The van der Waals surface area contributed by atoms with E-state index in [0.717, 1.165) is 29.4 Å². The molecule has 0 bridgehead atoms. The molecule has 3 heteroatoms. The van der Waals surface area contributed by atoms with Gasteiger partial charge >= 0.3 is 5.97 Å². The van der Waals surface area contributed by atoms with Gasteiger partial charge in [-0.1, -0.05) is 23.8 Å². The van der Waals surface area contributed by atoms with Gasteiger partial charge < -0.3 is 9.30 Å². The number of hydrogen-bond acceptors (Lipinski definition) is 2. The van der Waals surface area contributed by atoms with Crippen molar-refractivity contribution in [2.75, 3.05) is 7.11 Å². The molecule has 0 saturated carbocycles. The lowest BCUT2D eigenvalue weighted by atomic mass is 10.2. The second-order valence-electron chi connectivity index (χ2n) is 4.45. The SMILES string of the molecule is C=C(C)CCn1cc(C(=O)OC)c2ccccc21. The Morgan fingerprint density at radius 2 is 2.11 bits per heavy atom. The van der Waals surface area contributed by atoms with E-state index in [1.807, 2.05) is 37.4 Å². The zero-order valence-corrected chi connectivity index (χ0v) is 10.8. The van der Waals surface area contributed by atoms with E-state index in [4.69, 9.17) is 4.74 Å². The third kappa shape index (κ3) is 2.30. The van der Waals surface area contributed by atoms with Gasteiger partial charge in [0.2, 0.25) is 0 Å². The summed E-state index contributed by atoms with van der Waals surface area (Å²) in [5.74, 6) is -0.291. The number of aryl methyl sites for hydroxylation is 1. The first-order valence-corrected chi connectivity index (χ1v) is 5.94. The highest BCUT2D eigenvalue weighted by molar-refractivity contribution is 6.04. The van der Waals surface area contributed by atoms with Crippen LogP contribution in [0.25, 0.3) is 10.9 Å². The van der Waals surface area contributed by atoms with Crippen molar-refractivity contribution in [1.29, 1.82) is 0 Å². The normalized spacial score (nSPS) is 10.6. The first kappa shape index (κ1) is 12.4. The highest BCUT2D eigenvalue weighted by atomic mass is 16.5. The topological polar surface area (TPSA) is 31.2 Å². The van der Waals surface area contributed by atoms with Crippen LogP contribution in [0.2, 0.25) is 0 Å². The Balaban J connectivity index is 2.47. The number of ether oxygens (including phenoxy) is 1. The summed E-state index contributed by atoms with van der Waals surface area (Å²) in [6.45, 7) is 6.74. The van der Waals surface area contributed by atoms with E-state index in [1.54, 1.807) is 0 Å². The van der Waals surface area contributed by atoms with Gasteiger partial charge in [0.1, 0.15) is 0 Å². The summed E-state index contributed by atoms with van der Waals surface area (Å²) in [4.78, 5) is 11.7. The summed E-state index contributed by atoms with van der Waals surface area (Å²) < 4.78 is 6.89. The van der Waals surface area contributed by atoms with Crippen LogP contribution >= 0.6 is 0 Å². The quantitative estimate of drug-likeness (QED) is 0.608. The van der Waals surface area contributed by atoms with Crippen molar-refractivity contribution in [1.82, 2.24) is 4.57 Å². The van der Waals surface area contributed by atoms with Crippen LogP contribution in [0.1, 0.15) is 23.7 Å². The number of nitrogens with zero attached hydrogens (tertiary/aromatic N) is 1. The summed E-state index contributed by atoms with van der Waals surface area (Å²) in [5.41, 5.74) is 2.81. The fraction of sp³-hybridized carbons (Fsp3) is 0.267. The standard InChI is InChI=1S/C15H17NO2/c1-11(2)8-9-16-10-13(15(17)18-3)12-6-4-5-7-14(12)16/h4-7,10H,1,8-9H2,2-3H3. The van der Waals surface area contributed by atoms with Crippen LogP contribution in [0.15, 0.2) is 42.6 Å². The Hall–Kier alpha value is -2.03. The molecule has 0 radical (unpaired) electrons. The Kier molecular flexibility index (Phi) is 3.51. The summed E-state index contributed by atoms with van der Waals surface area (Å²) in [6, 6.07) is 7.86. The molecular weight excluding hydrogens is 226 g/mol. The molecule has 1 aromatic heterocycles. The second kappa shape index (κ2) is 5.08. The Labute approximate surface area is 107 Å². The lowest BCUT2D eigenvalue weighted by Crippen LogP contribution is -2.00. The van der Waals surface area contributed by atoms with E-state index in [0.29, 0.717) is 5.56 Å². The Morgan fingerprint density at radius 1 is 1.39 bits per heavy atom. The lowest BCUT2D eigenvalue weighted by Gasteiger charge is -2.04. The van der Waals surface area contributed by atoms with E-state index >= 15 is 0 Å². The number of hydrogen-bond donors (Lipinski definition) is 0. The molecule has 18 heavy (non-hydrogen) atoms. The molecule has 0 fully saturated rings. The minimum Gasteiger partial charge on any atom is -0.465 e. The average Bonchev–Trinajstić information content (AvgIpc) is 2.74. The Morgan fingerprint density at radius 3 is 2.78 bits per heavy atom. The molecule has 0 aliphatic heterocycles. The zero-order chi connectivity index (χ0) is 13.1. The van der Waals surface area contributed by atoms with Crippen LogP contribution in [0.5, 0.6) is 0 Å². The van der Waals surface area contributed by atoms with Crippen LogP contribution in [0.3, 0.4) is 0 Å². The van der Waals surface area contributed by atoms with Crippen LogP contribution in [-0.4, -0.2) is 17.6 Å². The largest absolute Gasteiger partial charge is 0.465 e. The summed E-state index contributed by atoms with van der Waals surface area (Å²) in [6.07, 6.45) is 2.76. The number of rotatable bonds is 4. The number of carbonyl (C=O) groups is 1. The number of allylic oxidation sites excluding steroid dienone is 1. The van der Waals surface area contributed by atoms with E-state index in [1.165, 1.54) is 7.11 Å². The molecule has 0 aliphatic carbocycles. The molecule has 1 aromatic carbocycles. The van der Waals surface area contributed by atoms with Gasteiger partial charge in [-0.2, -0.15) is 0 Å². The summed E-state index contributed by atoms with van der Waals surface area (Å²) in [5, 5.41) is 0.936. The number of benzene rings is 1. The predicted molar refractivity (Wildman–Crippen MR) is 72.7 cm³/mol. The highest BCUT2D eigenvalue weighted by Gasteiger charge is 2.14. The molecule has 0 amide bonds. The molecule has 2 rings (SSSR count). The van der Waals surface area contributed by atoms with Gasteiger partial charge in [-0.25, -0.2) is 4.79 Å². The van der Waals surface area contributed by atoms with Crippen molar-refractivity contribution >= 4 is 16.9 Å². The number of aromatic nitrogens is 1. The third-order valence-electron chi connectivity index (χ3n) is 2.97. The maximum absolute atomic E-state index is 11.7. The van der Waals surface area contributed by atoms with E-state index < -0.39 is 0 Å². The first-order chi connectivity index (χ1) is 8.63. The van der Waals surface area contributed by atoms with Crippen molar-refractivity contribution in [3.05, 3.63) is 48.2 Å². The minimum absolute atomic E-state index is 0.291. The van der Waals surface area contributed by atoms with Gasteiger partial charge in [0.25, 0.3) is 0 Å². The molecule has 0 unspecified atom stereocenters. The van der Waals surface area contributed by atoms with E-state index in [9.17, 15) is 4.79 Å². The molecule has 2 aromatic rings. The van der Waals surface area contributed by atoms with Crippen LogP contribution in [0.4, 0.5) is 0 Å². The van der Waals surface area contributed by atoms with Crippen molar-refractivity contribution in [3.8, 4) is 0 Å². The van der Waals surface area contributed by atoms with Gasteiger partial charge in [-0.3, -0.25) is 0 Å². The number of para-hydroxylation sites is 1. The smallest absolute Gasteiger partial charge is 0.340 e. The van der Waals surface area contributed by atoms with Crippen LogP contribution in [-0.2, 0) is 11.3 Å². The van der Waals surface area contributed by atoms with Crippen molar-refractivity contribution in [2.24, 2.45) is 0 Å². The van der Waals surface area contributed by atoms with Crippen molar-refractivity contribution in [2.45, 2.75) is 19.9 Å². The Bertz CT molecular complexity index is 596. The van der Waals surface area contributed by atoms with Crippen molar-refractivity contribution in [3.63, 3.8) is 0 Å². The first-order valence-electron chi connectivity index (χ1n) is 5.94. The van der Waals surface area contributed by atoms with Gasteiger partial charge in [0.05, 0.1) is 12.7 Å². The molecule has 3 nitrogen and oxygen atoms in total. The molecule has 0 aliphatic rings. The molecule has 0 saturated heterocycles. The van der Waals surface area contributed by atoms with Gasteiger partial charge in [-0.15, -0.1) is 6.58 Å². The maximum atomic E-state index is 11.7. The number of methoxy groups -OCH3 is 1. The second-order valence-corrected chi connectivity index (χ2v) is 4.45. The van der Waals surface area contributed by atoms with Crippen LogP contribution in [0, 0.1) is 0 Å². The van der Waals surface area contributed by atoms with Gasteiger partial charge in [0.15, 0.2) is 0 Å². The average molecular weight is 243 g/mol. The third-order valence-corrected chi connectivity index (χ3v) is 2.97. The predicted octanol–water partition coefficient (Wildman–Crippen LogP) is 3.39. The number of fused-ring (bicyclic) bond motifs is 1. The highest BCUT2D eigenvalue weighted by Crippen LogP contribution is 2.22. The fourth-order valence-electron chi connectivity index (χ4n) is 2.02. The molecule has 94 valence electrons. The van der Waals surface area contributed by atoms with E-state index in [-0.39, 0.29) is 5.97 Å². The molecule has 0 spiro atoms. The van der Waals surface area contributed by atoms with Gasteiger partial charge in [-0.05, 0) is 19.4 Å². The summed E-state index contributed by atoms with van der Waals surface area (Å²) >= 11 is 0. The minimum atomic E-state index is -0.291. The molecule has 0 N–H and O–H groups in total. The lowest BCUT2D eigenvalue weighted by molar-refractivity contribution is 0.0602. The number of carbonyl (C=O) groups excluding carboxylic acids is 1. The van der Waals surface area contributed by atoms with E-state index in [2.05, 4.69) is 11.1 Å². The maximum Gasteiger partial charge on any atom is 0.340 e. The monoisotopic (exact) mass is 243 g/mol. The fourth-order valence-corrected chi connectivity index (χ4v) is 2.02. The zero-order valence-electron chi connectivity index (χ0n) is 10.8. The molecule has 0 atom stereocenters. The molecular formula is C15H17NO2. The van der Waals surface area contributed by atoms with Crippen LogP contribution < -0.4 is 0 Å². The summed E-state index contributed by atoms with van der Waals surface area (Å²) in [7, 11) is 1.41. The number of esters is 1. The molecule has 1 heterocycles. The van der Waals surface area contributed by atoms with Crippen molar-refractivity contribution < 1.29 is 9.53 Å².